The largest absolute Gasteiger partial charge is 0.506 e. The van der Waals surface area contributed by atoms with E-state index in [1.54, 1.807) is 12.1 Å². The molecule has 8 rings (SSSR count). The first-order valence-electron chi connectivity index (χ1n) is 19.1. The Bertz CT molecular complexity index is 1840. The van der Waals surface area contributed by atoms with Gasteiger partial charge in [0.15, 0.2) is 0 Å². The van der Waals surface area contributed by atoms with Crippen LogP contribution in [-0.4, -0.2) is 83.4 Å². The van der Waals surface area contributed by atoms with E-state index in [9.17, 15) is 20.1 Å². The zero-order valence-electron chi connectivity index (χ0n) is 29.9. The number of nitrogens with one attached hydrogen (secondary N) is 2. The minimum absolute atomic E-state index is 0.0192. The smallest absolute Gasteiger partial charge is 0.248 e. The SMILES string of the molecule is O=c1ccc2c([C@@H](O)CNCCc3ccc(OCCC[N+]45CCC(CC4)[C@@H](OCC(O)(c4ccc(Cl)cc4)C4CCCC4)C5)cc3)ccc(O)c2[nH]1. The molecule has 1 aromatic heterocycles. The lowest BCUT2D eigenvalue weighted by Crippen LogP contribution is -2.65. The van der Waals surface area contributed by atoms with Gasteiger partial charge >= 0.3 is 0 Å². The molecule has 2 bridgehead atoms. The van der Waals surface area contributed by atoms with Gasteiger partial charge in [-0.05, 0) is 84.8 Å². The third-order valence-corrected chi connectivity index (χ3v) is 12.3. The summed E-state index contributed by atoms with van der Waals surface area (Å²) in [7, 11) is 0. The average Bonchev–Trinajstić information content (AvgIpc) is 3.72. The van der Waals surface area contributed by atoms with Crippen molar-refractivity contribution in [1.82, 2.24) is 10.3 Å². The Labute approximate surface area is 311 Å². The number of hydrogen-bond donors (Lipinski definition) is 5. The third-order valence-electron chi connectivity index (χ3n) is 12.1. The highest BCUT2D eigenvalue weighted by atomic mass is 35.5. The van der Waals surface area contributed by atoms with Crippen molar-refractivity contribution in [3.63, 3.8) is 0 Å². The molecule has 10 heteroatoms. The van der Waals surface area contributed by atoms with Gasteiger partial charge < -0.3 is 39.6 Å². The predicted molar refractivity (Wildman–Crippen MR) is 204 cm³/mol. The van der Waals surface area contributed by atoms with E-state index in [1.165, 1.54) is 43.6 Å². The van der Waals surface area contributed by atoms with Crippen molar-refractivity contribution >= 4 is 22.5 Å². The molecule has 0 radical (unpaired) electrons. The van der Waals surface area contributed by atoms with E-state index in [2.05, 4.69) is 22.4 Å². The zero-order valence-corrected chi connectivity index (χ0v) is 30.7. The van der Waals surface area contributed by atoms with Crippen LogP contribution in [0, 0.1) is 11.8 Å². The Morgan fingerprint density at radius 3 is 2.46 bits per heavy atom. The first kappa shape index (κ1) is 36.9. The Morgan fingerprint density at radius 1 is 0.962 bits per heavy atom. The number of phenolic OH excluding ortho intramolecular Hbond substituents is 1. The quantitative estimate of drug-likeness (QED) is 0.0685. The molecule has 1 unspecified atom stereocenters. The molecule has 0 spiro atoms. The lowest BCUT2D eigenvalue weighted by molar-refractivity contribution is -0.946. The molecule has 52 heavy (non-hydrogen) atoms. The van der Waals surface area contributed by atoms with Crippen molar-refractivity contribution in [1.29, 1.82) is 0 Å². The fraction of sp³-hybridized carbons (Fsp3) is 0.500. The van der Waals surface area contributed by atoms with E-state index in [0.717, 1.165) is 67.4 Å². The van der Waals surface area contributed by atoms with Gasteiger partial charge in [0.05, 0.1) is 44.5 Å². The van der Waals surface area contributed by atoms with Gasteiger partial charge in [-0.1, -0.05) is 54.8 Å². The molecule has 1 aliphatic carbocycles. The number of piperidine rings is 3. The number of nitrogens with zero attached hydrogens (tertiary/aromatic N) is 1. The number of hydrogen-bond acceptors (Lipinski definition) is 7. The number of aromatic amines is 1. The number of aliphatic hydroxyl groups excluding tert-OH is 1. The monoisotopic (exact) mass is 730 g/mol. The summed E-state index contributed by atoms with van der Waals surface area (Å²) in [5.41, 5.74) is 1.81. The number of quaternary nitrogens is 1. The number of rotatable bonds is 16. The van der Waals surface area contributed by atoms with Crippen LogP contribution in [0.4, 0.5) is 0 Å². The molecule has 278 valence electrons. The molecule has 4 aliphatic rings. The number of benzene rings is 3. The average molecular weight is 731 g/mol. The lowest BCUT2D eigenvalue weighted by Gasteiger charge is -2.53. The summed E-state index contributed by atoms with van der Waals surface area (Å²) in [5, 5.41) is 37.6. The van der Waals surface area contributed by atoms with E-state index in [1.807, 2.05) is 36.4 Å². The van der Waals surface area contributed by atoms with Gasteiger partial charge in [0.1, 0.15) is 29.7 Å². The molecule has 0 amide bonds. The van der Waals surface area contributed by atoms with Gasteiger partial charge in [-0.2, -0.15) is 0 Å². The van der Waals surface area contributed by atoms with Gasteiger partial charge in [0, 0.05) is 48.2 Å². The Balaban J connectivity index is 0.842. The van der Waals surface area contributed by atoms with Gasteiger partial charge in [-0.3, -0.25) is 4.79 Å². The van der Waals surface area contributed by atoms with Crippen molar-refractivity contribution in [2.45, 2.75) is 69.2 Å². The molecule has 4 fully saturated rings. The van der Waals surface area contributed by atoms with Gasteiger partial charge in [-0.25, -0.2) is 0 Å². The number of aromatic hydroxyl groups is 1. The molecule has 4 heterocycles. The first-order chi connectivity index (χ1) is 25.2. The summed E-state index contributed by atoms with van der Waals surface area (Å²) in [6.07, 6.45) is 7.93. The van der Waals surface area contributed by atoms with E-state index in [0.29, 0.717) is 53.7 Å². The maximum absolute atomic E-state index is 12.1. The Morgan fingerprint density at radius 2 is 1.71 bits per heavy atom. The van der Waals surface area contributed by atoms with E-state index >= 15 is 0 Å². The topological polar surface area (TPSA) is 124 Å². The lowest BCUT2D eigenvalue weighted by atomic mass is 9.80. The van der Waals surface area contributed by atoms with Crippen molar-refractivity contribution < 1.29 is 29.3 Å². The molecular formula is C42H53ClN3O6+. The molecule has 3 aromatic carbocycles. The van der Waals surface area contributed by atoms with Crippen LogP contribution in [0.1, 0.15) is 67.7 Å². The number of aromatic nitrogens is 1. The number of H-pyrrole nitrogens is 1. The number of fused-ring (bicyclic) bond motifs is 4. The summed E-state index contributed by atoms with van der Waals surface area (Å²) in [6, 6.07) is 22.2. The number of ether oxygens (including phenoxy) is 2. The van der Waals surface area contributed by atoms with Crippen LogP contribution in [0.25, 0.3) is 10.9 Å². The van der Waals surface area contributed by atoms with Crippen LogP contribution in [0.5, 0.6) is 11.5 Å². The van der Waals surface area contributed by atoms with Crippen LogP contribution in [-0.2, 0) is 16.8 Å². The highest BCUT2D eigenvalue weighted by Gasteiger charge is 2.48. The maximum atomic E-state index is 12.1. The van der Waals surface area contributed by atoms with Crippen LogP contribution in [0.2, 0.25) is 5.02 Å². The Kier molecular flexibility index (Phi) is 11.6. The molecule has 4 aromatic rings. The second-order valence-electron chi connectivity index (χ2n) is 15.4. The predicted octanol–water partition coefficient (Wildman–Crippen LogP) is 6.23. The highest BCUT2D eigenvalue weighted by molar-refractivity contribution is 6.30. The zero-order chi connectivity index (χ0) is 36.1. The number of aliphatic hydroxyl groups is 2. The summed E-state index contributed by atoms with van der Waals surface area (Å²) in [4.78, 5) is 14.3. The third kappa shape index (κ3) is 8.35. The van der Waals surface area contributed by atoms with E-state index in [4.69, 9.17) is 21.1 Å². The van der Waals surface area contributed by atoms with Crippen molar-refractivity contribution in [2.24, 2.45) is 11.8 Å². The minimum atomic E-state index is -0.977. The number of halogens is 1. The second-order valence-corrected chi connectivity index (χ2v) is 15.8. The van der Waals surface area contributed by atoms with Crippen molar-refractivity contribution in [3.8, 4) is 11.5 Å². The molecular weight excluding hydrogens is 678 g/mol. The summed E-state index contributed by atoms with van der Waals surface area (Å²) in [5.74, 6) is 1.64. The second kappa shape index (κ2) is 16.3. The summed E-state index contributed by atoms with van der Waals surface area (Å²) in [6.45, 7) is 6.53. The van der Waals surface area contributed by atoms with Crippen LogP contribution in [0.15, 0.2) is 77.6 Å². The van der Waals surface area contributed by atoms with Gasteiger partial charge in [-0.15, -0.1) is 0 Å². The number of pyridine rings is 1. The molecule has 9 nitrogen and oxygen atoms in total. The molecule has 3 aliphatic heterocycles. The van der Waals surface area contributed by atoms with Crippen LogP contribution < -0.4 is 15.6 Å². The normalized spacial score (nSPS) is 23.5. The Hall–Kier alpha value is -3.44. The first-order valence-corrected chi connectivity index (χ1v) is 19.5. The molecule has 1 saturated carbocycles. The van der Waals surface area contributed by atoms with Crippen molar-refractivity contribution in [2.75, 3.05) is 52.5 Å². The molecule has 3 saturated heterocycles. The molecule has 3 atom stereocenters. The molecule has 5 N–H and O–H groups in total. The fourth-order valence-electron chi connectivity index (χ4n) is 9.01. The summed E-state index contributed by atoms with van der Waals surface area (Å²) >= 11 is 6.19. The van der Waals surface area contributed by atoms with Gasteiger partial charge in [0.25, 0.3) is 0 Å². The number of phenols is 1. The van der Waals surface area contributed by atoms with Crippen molar-refractivity contribution in [3.05, 3.63) is 105 Å². The van der Waals surface area contributed by atoms with E-state index < -0.39 is 11.7 Å². The standard InChI is InChI=1S/C42H52ClN3O6/c43-33-10-8-32(9-11-33)42(50,31-4-1-2-5-31)28-52-39-27-46(23-19-30(39)20-24-46)22-3-25-51-34-12-6-29(7-13-34)18-21-44-26-38(48)35-14-16-37(47)41-36(35)15-17-40(49)45-41/h6-17,30-31,38-39,44,48,50H,1-5,18-28H2,(H-,45,47,49)/p+1/t30?,38-,39-,42?,46?/m0/s1. The van der Waals surface area contributed by atoms with Crippen LogP contribution in [0.3, 0.4) is 0 Å². The maximum Gasteiger partial charge on any atom is 0.248 e. The minimum Gasteiger partial charge on any atom is -0.506 e. The van der Waals surface area contributed by atoms with Gasteiger partial charge in [0.2, 0.25) is 5.56 Å². The highest BCUT2D eigenvalue weighted by Crippen LogP contribution is 2.43. The van der Waals surface area contributed by atoms with Crippen LogP contribution >= 0.6 is 11.6 Å². The van der Waals surface area contributed by atoms with E-state index in [-0.39, 0.29) is 23.3 Å². The fourth-order valence-corrected chi connectivity index (χ4v) is 9.14. The summed E-state index contributed by atoms with van der Waals surface area (Å²) < 4.78 is 14.0.